The fourth-order valence-corrected chi connectivity index (χ4v) is 2.48. The predicted molar refractivity (Wildman–Crippen MR) is 54.8 cm³/mol. The number of β-amino-alcohol motifs (C(OH)–C–C–N with tert-alkyl or cyclic N) is 1. The summed E-state index contributed by atoms with van der Waals surface area (Å²) in [6.45, 7) is 2.98. The third-order valence-electron chi connectivity index (χ3n) is 2.47. The molecule has 0 aliphatic carbocycles. The molecule has 1 N–H and O–H groups in total. The highest BCUT2D eigenvalue weighted by molar-refractivity contribution is 7.07. The molecule has 1 atom stereocenters. The summed E-state index contributed by atoms with van der Waals surface area (Å²) in [6.07, 6.45) is 2.00. The Hall–Kier alpha value is -0.380. The van der Waals surface area contributed by atoms with E-state index >= 15 is 0 Å². The number of likely N-dealkylation sites (tertiary alicyclic amines) is 1. The zero-order chi connectivity index (χ0) is 9.10. The summed E-state index contributed by atoms with van der Waals surface area (Å²) in [5, 5.41) is 13.8. The van der Waals surface area contributed by atoms with Crippen molar-refractivity contribution in [3.05, 3.63) is 22.4 Å². The molecular formula is C10H15NOS. The van der Waals surface area contributed by atoms with Gasteiger partial charge >= 0.3 is 0 Å². The van der Waals surface area contributed by atoms with Gasteiger partial charge in [-0.3, -0.25) is 4.90 Å². The Morgan fingerprint density at radius 2 is 2.54 bits per heavy atom. The Bertz CT molecular complexity index is 247. The lowest BCUT2D eigenvalue weighted by atomic mass is 10.1. The summed E-state index contributed by atoms with van der Waals surface area (Å²) >= 11 is 1.74. The first-order valence-corrected chi connectivity index (χ1v) is 5.70. The Labute approximate surface area is 82.8 Å². The van der Waals surface area contributed by atoms with Crippen LogP contribution in [0.15, 0.2) is 16.8 Å². The average molecular weight is 197 g/mol. The van der Waals surface area contributed by atoms with Gasteiger partial charge in [0.05, 0.1) is 6.10 Å². The molecule has 0 saturated carbocycles. The lowest BCUT2D eigenvalue weighted by Gasteiger charge is -2.29. The molecule has 72 valence electrons. The quantitative estimate of drug-likeness (QED) is 0.780. The standard InChI is InChI=1S/C10H15NOS/c12-10-2-1-4-11(7-10)6-9-3-5-13-8-9/h3,5,8,10,12H,1-2,4,6-7H2/t10-/m0/s1. The van der Waals surface area contributed by atoms with Crippen LogP contribution < -0.4 is 0 Å². The van der Waals surface area contributed by atoms with Gasteiger partial charge in [-0.2, -0.15) is 11.3 Å². The smallest absolute Gasteiger partial charge is 0.0667 e. The van der Waals surface area contributed by atoms with Crippen LogP contribution in [0.3, 0.4) is 0 Å². The molecule has 2 heterocycles. The summed E-state index contributed by atoms with van der Waals surface area (Å²) in [5.41, 5.74) is 1.37. The molecular weight excluding hydrogens is 182 g/mol. The van der Waals surface area contributed by atoms with Crippen molar-refractivity contribution in [1.29, 1.82) is 0 Å². The van der Waals surface area contributed by atoms with Crippen molar-refractivity contribution < 1.29 is 5.11 Å². The number of rotatable bonds is 2. The van der Waals surface area contributed by atoms with Gasteiger partial charge < -0.3 is 5.11 Å². The van der Waals surface area contributed by atoms with Gasteiger partial charge in [0.1, 0.15) is 0 Å². The van der Waals surface area contributed by atoms with Crippen molar-refractivity contribution in [3.63, 3.8) is 0 Å². The molecule has 1 aromatic rings. The minimum absolute atomic E-state index is 0.104. The molecule has 0 radical (unpaired) electrons. The van der Waals surface area contributed by atoms with E-state index in [4.69, 9.17) is 0 Å². The maximum atomic E-state index is 9.47. The van der Waals surface area contributed by atoms with Crippen LogP contribution in [0.1, 0.15) is 18.4 Å². The van der Waals surface area contributed by atoms with E-state index in [1.807, 2.05) is 0 Å². The van der Waals surface area contributed by atoms with Gasteiger partial charge in [0.25, 0.3) is 0 Å². The van der Waals surface area contributed by atoms with Gasteiger partial charge in [-0.05, 0) is 41.8 Å². The lowest BCUT2D eigenvalue weighted by molar-refractivity contribution is 0.0669. The van der Waals surface area contributed by atoms with Gasteiger partial charge in [0, 0.05) is 13.1 Å². The summed E-state index contributed by atoms with van der Waals surface area (Å²) in [4.78, 5) is 2.33. The molecule has 2 rings (SSSR count). The third kappa shape index (κ3) is 2.53. The Morgan fingerprint density at radius 3 is 3.23 bits per heavy atom. The van der Waals surface area contributed by atoms with E-state index in [1.165, 1.54) is 5.56 Å². The van der Waals surface area contributed by atoms with Gasteiger partial charge in [-0.1, -0.05) is 0 Å². The van der Waals surface area contributed by atoms with Gasteiger partial charge in [0.15, 0.2) is 0 Å². The first-order chi connectivity index (χ1) is 6.34. The minimum atomic E-state index is -0.104. The largest absolute Gasteiger partial charge is 0.392 e. The van der Waals surface area contributed by atoms with Crippen LogP contribution in [0, 0.1) is 0 Å². The molecule has 1 fully saturated rings. The number of aliphatic hydroxyl groups excluding tert-OH is 1. The molecule has 0 bridgehead atoms. The Balaban J connectivity index is 1.87. The van der Waals surface area contributed by atoms with Crippen molar-refractivity contribution in [2.45, 2.75) is 25.5 Å². The van der Waals surface area contributed by atoms with Crippen LogP contribution in [-0.2, 0) is 6.54 Å². The van der Waals surface area contributed by atoms with E-state index in [9.17, 15) is 5.11 Å². The summed E-state index contributed by atoms with van der Waals surface area (Å²) in [5.74, 6) is 0. The number of aliphatic hydroxyl groups is 1. The van der Waals surface area contributed by atoms with Gasteiger partial charge in [0.2, 0.25) is 0 Å². The molecule has 13 heavy (non-hydrogen) atoms. The SMILES string of the molecule is O[C@H]1CCCN(Cc2ccsc2)C1. The maximum absolute atomic E-state index is 9.47. The van der Waals surface area contributed by atoms with E-state index in [2.05, 4.69) is 21.7 Å². The van der Waals surface area contributed by atoms with Crippen LogP contribution in [0.25, 0.3) is 0 Å². The normalized spacial score (nSPS) is 24.8. The second kappa shape index (κ2) is 4.22. The van der Waals surface area contributed by atoms with Crippen molar-refractivity contribution >= 4 is 11.3 Å². The molecule has 1 saturated heterocycles. The molecule has 0 spiro atoms. The Kier molecular flexibility index (Phi) is 2.98. The van der Waals surface area contributed by atoms with Crippen molar-refractivity contribution in [2.24, 2.45) is 0 Å². The molecule has 0 amide bonds. The highest BCUT2D eigenvalue weighted by atomic mass is 32.1. The first kappa shape index (κ1) is 9.19. The monoisotopic (exact) mass is 197 g/mol. The van der Waals surface area contributed by atoms with Crippen LogP contribution in [-0.4, -0.2) is 29.2 Å². The Morgan fingerprint density at radius 1 is 1.62 bits per heavy atom. The second-order valence-electron chi connectivity index (χ2n) is 3.66. The fraction of sp³-hybridized carbons (Fsp3) is 0.600. The van der Waals surface area contributed by atoms with Crippen molar-refractivity contribution in [2.75, 3.05) is 13.1 Å². The van der Waals surface area contributed by atoms with Crippen LogP contribution in [0.4, 0.5) is 0 Å². The molecule has 0 aromatic carbocycles. The van der Waals surface area contributed by atoms with E-state index in [-0.39, 0.29) is 6.10 Å². The fourth-order valence-electron chi connectivity index (χ4n) is 1.82. The van der Waals surface area contributed by atoms with Crippen LogP contribution >= 0.6 is 11.3 Å². The van der Waals surface area contributed by atoms with E-state index in [0.717, 1.165) is 32.5 Å². The lowest BCUT2D eigenvalue weighted by Crippen LogP contribution is -2.37. The number of hydrogen-bond donors (Lipinski definition) is 1. The molecule has 0 unspecified atom stereocenters. The number of hydrogen-bond acceptors (Lipinski definition) is 3. The van der Waals surface area contributed by atoms with E-state index in [1.54, 1.807) is 11.3 Å². The van der Waals surface area contributed by atoms with Crippen LogP contribution in [0.5, 0.6) is 0 Å². The number of thiophene rings is 1. The van der Waals surface area contributed by atoms with Gasteiger partial charge in [-0.25, -0.2) is 0 Å². The molecule has 2 nitrogen and oxygen atoms in total. The molecule has 1 aliphatic rings. The molecule has 3 heteroatoms. The maximum Gasteiger partial charge on any atom is 0.0667 e. The van der Waals surface area contributed by atoms with Crippen molar-refractivity contribution in [3.8, 4) is 0 Å². The molecule has 1 aromatic heterocycles. The minimum Gasteiger partial charge on any atom is -0.392 e. The summed E-state index contributed by atoms with van der Waals surface area (Å²) < 4.78 is 0. The summed E-state index contributed by atoms with van der Waals surface area (Å²) in [6, 6.07) is 2.16. The highest BCUT2D eigenvalue weighted by Gasteiger charge is 2.17. The van der Waals surface area contributed by atoms with Crippen molar-refractivity contribution in [1.82, 2.24) is 4.90 Å². The zero-order valence-electron chi connectivity index (χ0n) is 7.65. The van der Waals surface area contributed by atoms with E-state index in [0.29, 0.717) is 0 Å². The zero-order valence-corrected chi connectivity index (χ0v) is 8.46. The number of nitrogens with zero attached hydrogens (tertiary/aromatic N) is 1. The first-order valence-electron chi connectivity index (χ1n) is 4.76. The second-order valence-corrected chi connectivity index (χ2v) is 4.44. The third-order valence-corrected chi connectivity index (χ3v) is 3.20. The van der Waals surface area contributed by atoms with Gasteiger partial charge in [-0.15, -0.1) is 0 Å². The summed E-state index contributed by atoms with van der Waals surface area (Å²) in [7, 11) is 0. The highest BCUT2D eigenvalue weighted by Crippen LogP contribution is 2.14. The topological polar surface area (TPSA) is 23.5 Å². The molecule has 1 aliphatic heterocycles. The number of piperidine rings is 1. The average Bonchev–Trinajstić information content (AvgIpc) is 2.57. The van der Waals surface area contributed by atoms with E-state index < -0.39 is 0 Å². The van der Waals surface area contributed by atoms with Crippen LogP contribution in [0.2, 0.25) is 0 Å². The predicted octanol–water partition coefficient (Wildman–Crippen LogP) is 1.70.